The van der Waals surface area contributed by atoms with E-state index in [4.69, 9.17) is 0 Å². The summed E-state index contributed by atoms with van der Waals surface area (Å²) in [5.74, 6) is -2.75. The summed E-state index contributed by atoms with van der Waals surface area (Å²) in [6.45, 7) is 2.29. The molecular weight excluding hydrogens is 318 g/mol. The highest BCUT2D eigenvalue weighted by Crippen LogP contribution is 2.48. The van der Waals surface area contributed by atoms with Gasteiger partial charge < -0.3 is 15.3 Å². The number of carbonyl (C=O) groups excluding carboxylic acids is 1. The lowest BCUT2D eigenvalue weighted by atomic mass is 9.81. The summed E-state index contributed by atoms with van der Waals surface area (Å²) >= 11 is 0. The number of hydrogen-bond acceptors (Lipinski definition) is 2. The molecule has 3 atom stereocenters. The van der Waals surface area contributed by atoms with E-state index in [-0.39, 0.29) is 18.5 Å². The predicted molar refractivity (Wildman–Crippen MR) is 82.3 cm³/mol. The van der Waals surface area contributed by atoms with Crippen molar-refractivity contribution in [1.82, 2.24) is 10.2 Å². The van der Waals surface area contributed by atoms with E-state index in [1.54, 1.807) is 6.92 Å². The van der Waals surface area contributed by atoms with Gasteiger partial charge in [-0.1, -0.05) is 12.5 Å². The SMILES string of the molecule is CC(NC(=O)N1C[C@@H]2CCC[C@@]2(C(=O)O)C1)c1ccc(F)c(F)c1. The number of hydrogen-bond donors (Lipinski definition) is 2. The van der Waals surface area contributed by atoms with E-state index >= 15 is 0 Å². The van der Waals surface area contributed by atoms with E-state index in [2.05, 4.69) is 5.32 Å². The molecule has 2 fully saturated rings. The van der Waals surface area contributed by atoms with Gasteiger partial charge in [-0.2, -0.15) is 0 Å². The number of carboxylic acid groups (broad SMARTS) is 1. The van der Waals surface area contributed by atoms with Gasteiger partial charge in [0.2, 0.25) is 0 Å². The first-order valence-corrected chi connectivity index (χ1v) is 8.07. The van der Waals surface area contributed by atoms with Crippen LogP contribution in [-0.2, 0) is 4.79 Å². The van der Waals surface area contributed by atoms with Crippen molar-refractivity contribution in [3.8, 4) is 0 Å². The van der Waals surface area contributed by atoms with Crippen molar-refractivity contribution in [3.63, 3.8) is 0 Å². The smallest absolute Gasteiger partial charge is 0.317 e. The zero-order chi connectivity index (χ0) is 17.5. The first kappa shape index (κ1) is 16.7. The predicted octanol–water partition coefficient (Wildman–Crippen LogP) is 2.92. The van der Waals surface area contributed by atoms with E-state index in [1.807, 2.05) is 0 Å². The lowest BCUT2D eigenvalue weighted by molar-refractivity contribution is -0.149. The molecule has 5 nitrogen and oxygen atoms in total. The second-order valence-electron chi connectivity index (χ2n) is 6.78. The Morgan fingerprint density at radius 1 is 1.38 bits per heavy atom. The number of halogens is 2. The number of urea groups is 1. The monoisotopic (exact) mass is 338 g/mol. The van der Waals surface area contributed by atoms with Gasteiger partial charge in [0.25, 0.3) is 0 Å². The first-order chi connectivity index (χ1) is 11.3. The van der Waals surface area contributed by atoms with E-state index < -0.39 is 29.1 Å². The first-order valence-electron chi connectivity index (χ1n) is 8.07. The highest BCUT2D eigenvalue weighted by atomic mass is 19.2. The molecule has 1 heterocycles. The Balaban J connectivity index is 1.67. The molecule has 1 aromatic carbocycles. The number of benzene rings is 1. The third kappa shape index (κ3) is 2.72. The zero-order valence-corrected chi connectivity index (χ0v) is 13.4. The van der Waals surface area contributed by atoms with Crippen molar-refractivity contribution >= 4 is 12.0 Å². The fourth-order valence-electron chi connectivity index (χ4n) is 3.94. The number of amides is 2. The van der Waals surface area contributed by atoms with E-state index in [0.717, 1.165) is 25.0 Å². The van der Waals surface area contributed by atoms with Crippen LogP contribution < -0.4 is 5.32 Å². The Bertz CT molecular complexity index is 682. The molecule has 1 aliphatic heterocycles. The standard InChI is InChI=1S/C17H20F2N2O3/c1-10(11-4-5-13(18)14(19)7-11)20-16(24)21-8-12-3-2-6-17(12,9-21)15(22)23/h4-5,7,10,12H,2-3,6,8-9H2,1H3,(H,20,24)(H,22,23)/t10?,12-,17+/m0/s1. The second kappa shape index (κ2) is 6.03. The highest BCUT2D eigenvalue weighted by molar-refractivity contribution is 5.80. The summed E-state index contributed by atoms with van der Waals surface area (Å²) in [4.78, 5) is 25.6. The van der Waals surface area contributed by atoms with Gasteiger partial charge in [0.1, 0.15) is 0 Å². The highest BCUT2D eigenvalue weighted by Gasteiger charge is 2.55. The molecule has 0 aromatic heterocycles. The molecule has 24 heavy (non-hydrogen) atoms. The fourth-order valence-corrected chi connectivity index (χ4v) is 3.94. The van der Waals surface area contributed by atoms with Crippen LogP contribution in [0.1, 0.15) is 37.8 Å². The Morgan fingerprint density at radius 2 is 2.12 bits per heavy atom. The molecule has 130 valence electrons. The molecular formula is C17H20F2N2O3. The van der Waals surface area contributed by atoms with E-state index in [9.17, 15) is 23.5 Å². The Morgan fingerprint density at radius 3 is 2.75 bits per heavy atom. The number of fused-ring (bicyclic) bond motifs is 1. The number of rotatable bonds is 3. The number of carboxylic acids is 1. The van der Waals surface area contributed by atoms with Gasteiger partial charge in [0.15, 0.2) is 11.6 Å². The van der Waals surface area contributed by atoms with Crippen LogP contribution in [0.4, 0.5) is 13.6 Å². The van der Waals surface area contributed by atoms with Crippen molar-refractivity contribution in [1.29, 1.82) is 0 Å². The quantitative estimate of drug-likeness (QED) is 0.890. The molecule has 2 aliphatic rings. The molecule has 3 rings (SSSR count). The molecule has 0 spiro atoms. The minimum absolute atomic E-state index is 0.0145. The van der Waals surface area contributed by atoms with Crippen LogP contribution in [0, 0.1) is 23.0 Å². The summed E-state index contributed by atoms with van der Waals surface area (Å²) in [6, 6.07) is 2.61. The third-order valence-corrected chi connectivity index (χ3v) is 5.37. The van der Waals surface area contributed by atoms with Crippen LogP contribution >= 0.6 is 0 Å². The van der Waals surface area contributed by atoms with Gasteiger partial charge in [0, 0.05) is 13.1 Å². The van der Waals surface area contributed by atoms with Crippen molar-refractivity contribution in [3.05, 3.63) is 35.4 Å². The summed E-state index contributed by atoms with van der Waals surface area (Å²) in [7, 11) is 0. The Labute approximate surface area is 138 Å². The van der Waals surface area contributed by atoms with E-state index in [1.165, 1.54) is 11.0 Å². The lowest BCUT2D eigenvalue weighted by Gasteiger charge is -2.24. The molecule has 7 heteroatoms. The Hall–Kier alpha value is -2.18. The summed E-state index contributed by atoms with van der Waals surface area (Å²) < 4.78 is 26.3. The third-order valence-electron chi connectivity index (χ3n) is 5.37. The summed E-state index contributed by atoms with van der Waals surface area (Å²) in [5.41, 5.74) is -0.377. The van der Waals surface area contributed by atoms with Gasteiger partial charge in [-0.15, -0.1) is 0 Å². The lowest BCUT2D eigenvalue weighted by Crippen LogP contribution is -2.42. The van der Waals surface area contributed by atoms with Gasteiger partial charge in [0.05, 0.1) is 11.5 Å². The van der Waals surface area contributed by atoms with Crippen LogP contribution in [0.2, 0.25) is 0 Å². The van der Waals surface area contributed by atoms with Gasteiger partial charge in [-0.05, 0) is 43.4 Å². The minimum atomic E-state index is -0.964. The molecule has 0 bridgehead atoms. The molecule has 1 aliphatic carbocycles. The maximum absolute atomic E-state index is 13.3. The van der Waals surface area contributed by atoms with Gasteiger partial charge >= 0.3 is 12.0 Å². The Kier molecular flexibility index (Phi) is 4.19. The van der Waals surface area contributed by atoms with Crippen molar-refractivity contribution in [2.24, 2.45) is 11.3 Å². The molecule has 1 unspecified atom stereocenters. The minimum Gasteiger partial charge on any atom is -0.481 e. The summed E-state index contributed by atoms with van der Waals surface area (Å²) in [6.07, 6.45) is 2.28. The second-order valence-corrected chi connectivity index (χ2v) is 6.78. The summed E-state index contributed by atoms with van der Waals surface area (Å²) in [5, 5.41) is 12.3. The van der Waals surface area contributed by atoms with Crippen LogP contribution in [0.5, 0.6) is 0 Å². The largest absolute Gasteiger partial charge is 0.481 e. The van der Waals surface area contributed by atoms with E-state index in [0.29, 0.717) is 18.5 Å². The average Bonchev–Trinajstić information content (AvgIpc) is 3.08. The normalized spacial score (nSPS) is 27.0. The van der Waals surface area contributed by atoms with Crippen LogP contribution in [0.15, 0.2) is 18.2 Å². The number of aliphatic carboxylic acids is 1. The molecule has 1 aromatic rings. The number of carbonyl (C=O) groups is 2. The number of nitrogens with zero attached hydrogens (tertiary/aromatic N) is 1. The van der Waals surface area contributed by atoms with Gasteiger partial charge in [-0.25, -0.2) is 13.6 Å². The molecule has 1 saturated heterocycles. The van der Waals surface area contributed by atoms with Crippen molar-refractivity contribution < 1.29 is 23.5 Å². The van der Waals surface area contributed by atoms with Crippen LogP contribution in [-0.4, -0.2) is 35.1 Å². The molecule has 1 saturated carbocycles. The maximum Gasteiger partial charge on any atom is 0.317 e. The van der Waals surface area contributed by atoms with Crippen molar-refractivity contribution in [2.45, 2.75) is 32.2 Å². The molecule has 2 N–H and O–H groups in total. The number of likely N-dealkylation sites (tertiary alicyclic amines) is 1. The topological polar surface area (TPSA) is 69.6 Å². The van der Waals surface area contributed by atoms with Crippen LogP contribution in [0.25, 0.3) is 0 Å². The van der Waals surface area contributed by atoms with Gasteiger partial charge in [-0.3, -0.25) is 4.79 Å². The molecule has 0 radical (unpaired) electrons. The zero-order valence-electron chi connectivity index (χ0n) is 13.4. The van der Waals surface area contributed by atoms with Crippen molar-refractivity contribution in [2.75, 3.05) is 13.1 Å². The van der Waals surface area contributed by atoms with Crippen LogP contribution in [0.3, 0.4) is 0 Å². The maximum atomic E-state index is 13.3. The molecule has 2 amide bonds. The number of nitrogens with one attached hydrogen (secondary N) is 1. The fraction of sp³-hybridized carbons (Fsp3) is 0.529. The average molecular weight is 338 g/mol.